The van der Waals surface area contributed by atoms with E-state index in [9.17, 15) is 4.39 Å². The van der Waals surface area contributed by atoms with Crippen LogP contribution < -0.4 is 5.32 Å². The second kappa shape index (κ2) is 6.31. The average molecular weight is 277 g/mol. The Morgan fingerprint density at radius 3 is 2.74 bits per heavy atom. The van der Waals surface area contributed by atoms with Gasteiger partial charge < -0.3 is 5.32 Å². The van der Waals surface area contributed by atoms with Crippen molar-refractivity contribution in [3.8, 4) is 11.1 Å². The van der Waals surface area contributed by atoms with Crippen molar-refractivity contribution in [1.82, 2.24) is 5.32 Å². The first-order chi connectivity index (χ1) is 9.11. The van der Waals surface area contributed by atoms with Gasteiger partial charge in [-0.15, -0.1) is 11.3 Å². The molecule has 0 aliphatic rings. The van der Waals surface area contributed by atoms with E-state index < -0.39 is 0 Å². The standard InChI is InChI=1S/C16H20FNS/c1-4-7-18-12(3)13-5-6-16(17)15(9-13)14-8-11(2)19-10-14/h5-6,8-10,12,18H,4,7H2,1-3H3. The molecule has 1 atom stereocenters. The Labute approximate surface area is 118 Å². The monoisotopic (exact) mass is 277 g/mol. The fraction of sp³-hybridized carbons (Fsp3) is 0.375. The molecular formula is C16H20FNS. The zero-order chi connectivity index (χ0) is 13.8. The lowest BCUT2D eigenvalue weighted by Gasteiger charge is -2.15. The van der Waals surface area contributed by atoms with E-state index in [1.807, 2.05) is 30.5 Å². The Kier molecular flexibility index (Phi) is 4.72. The Hall–Kier alpha value is -1.19. The molecule has 0 amide bonds. The van der Waals surface area contributed by atoms with Gasteiger partial charge in [-0.05, 0) is 61.5 Å². The van der Waals surface area contributed by atoms with E-state index in [0.717, 1.165) is 24.1 Å². The normalized spacial score (nSPS) is 12.6. The summed E-state index contributed by atoms with van der Waals surface area (Å²) < 4.78 is 14.0. The first kappa shape index (κ1) is 14.2. The van der Waals surface area contributed by atoms with Gasteiger partial charge in [-0.1, -0.05) is 13.0 Å². The molecule has 1 nitrogen and oxygen atoms in total. The minimum Gasteiger partial charge on any atom is -0.310 e. The highest BCUT2D eigenvalue weighted by Gasteiger charge is 2.11. The van der Waals surface area contributed by atoms with E-state index in [1.165, 1.54) is 4.88 Å². The molecular weight excluding hydrogens is 257 g/mol. The Bertz CT molecular complexity index is 547. The van der Waals surface area contributed by atoms with Crippen molar-refractivity contribution in [2.45, 2.75) is 33.2 Å². The summed E-state index contributed by atoms with van der Waals surface area (Å²) in [6.07, 6.45) is 1.10. The maximum absolute atomic E-state index is 14.0. The second-order valence-electron chi connectivity index (χ2n) is 4.86. The number of hydrogen-bond acceptors (Lipinski definition) is 2. The van der Waals surface area contributed by atoms with Gasteiger partial charge in [0.1, 0.15) is 5.82 Å². The van der Waals surface area contributed by atoms with Crippen LogP contribution in [0.15, 0.2) is 29.6 Å². The Morgan fingerprint density at radius 1 is 1.32 bits per heavy atom. The summed E-state index contributed by atoms with van der Waals surface area (Å²) in [6.45, 7) is 7.28. The van der Waals surface area contributed by atoms with Crippen LogP contribution in [0.4, 0.5) is 4.39 Å². The SMILES string of the molecule is CCCNC(C)c1ccc(F)c(-c2csc(C)c2)c1. The summed E-state index contributed by atoms with van der Waals surface area (Å²) in [5, 5.41) is 5.45. The van der Waals surface area contributed by atoms with Gasteiger partial charge in [0.25, 0.3) is 0 Å². The molecule has 1 unspecified atom stereocenters. The number of benzene rings is 1. The summed E-state index contributed by atoms with van der Waals surface area (Å²) in [5.41, 5.74) is 2.81. The van der Waals surface area contributed by atoms with E-state index >= 15 is 0 Å². The lowest BCUT2D eigenvalue weighted by atomic mass is 10.0. The zero-order valence-corrected chi connectivity index (χ0v) is 12.5. The second-order valence-corrected chi connectivity index (χ2v) is 5.98. The van der Waals surface area contributed by atoms with Crippen molar-refractivity contribution < 1.29 is 4.39 Å². The lowest BCUT2D eigenvalue weighted by molar-refractivity contribution is 0.568. The van der Waals surface area contributed by atoms with Gasteiger partial charge in [0.2, 0.25) is 0 Å². The van der Waals surface area contributed by atoms with E-state index in [0.29, 0.717) is 5.56 Å². The van der Waals surface area contributed by atoms with Gasteiger partial charge in [0, 0.05) is 16.5 Å². The summed E-state index contributed by atoms with van der Waals surface area (Å²) in [6, 6.07) is 7.69. The molecule has 2 rings (SSSR count). The molecule has 2 aromatic rings. The van der Waals surface area contributed by atoms with Crippen molar-refractivity contribution >= 4 is 11.3 Å². The van der Waals surface area contributed by atoms with Crippen LogP contribution in [0.3, 0.4) is 0 Å². The fourth-order valence-corrected chi connectivity index (χ4v) is 2.80. The molecule has 0 saturated carbocycles. The van der Waals surface area contributed by atoms with Crippen LogP contribution in [-0.2, 0) is 0 Å². The number of nitrogens with one attached hydrogen (secondary N) is 1. The first-order valence-electron chi connectivity index (χ1n) is 6.70. The molecule has 0 saturated heterocycles. The topological polar surface area (TPSA) is 12.0 Å². The van der Waals surface area contributed by atoms with Crippen molar-refractivity contribution in [2.24, 2.45) is 0 Å². The minimum atomic E-state index is -0.149. The van der Waals surface area contributed by atoms with Gasteiger partial charge >= 0.3 is 0 Å². The van der Waals surface area contributed by atoms with E-state index in [1.54, 1.807) is 17.4 Å². The largest absolute Gasteiger partial charge is 0.310 e. The van der Waals surface area contributed by atoms with Crippen molar-refractivity contribution in [3.05, 3.63) is 45.9 Å². The van der Waals surface area contributed by atoms with Crippen molar-refractivity contribution in [3.63, 3.8) is 0 Å². The predicted molar refractivity (Wildman–Crippen MR) is 81.2 cm³/mol. The highest BCUT2D eigenvalue weighted by Crippen LogP contribution is 2.29. The highest BCUT2D eigenvalue weighted by atomic mass is 32.1. The summed E-state index contributed by atoms with van der Waals surface area (Å²) in [4.78, 5) is 1.21. The third-order valence-corrected chi connectivity index (χ3v) is 4.09. The number of rotatable bonds is 5. The summed E-state index contributed by atoms with van der Waals surface area (Å²) in [7, 11) is 0. The summed E-state index contributed by atoms with van der Waals surface area (Å²) >= 11 is 1.65. The number of thiophene rings is 1. The third-order valence-electron chi connectivity index (χ3n) is 3.23. The van der Waals surface area contributed by atoms with E-state index in [2.05, 4.69) is 19.2 Å². The van der Waals surface area contributed by atoms with Gasteiger partial charge in [-0.3, -0.25) is 0 Å². The van der Waals surface area contributed by atoms with Crippen molar-refractivity contribution in [1.29, 1.82) is 0 Å². The van der Waals surface area contributed by atoms with E-state index in [4.69, 9.17) is 0 Å². The van der Waals surface area contributed by atoms with Crippen LogP contribution in [0.1, 0.15) is 36.8 Å². The Morgan fingerprint density at radius 2 is 2.11 bits per heavy atom. The van der Waals surface area contributed by atoms with Gasteiger partial charge in [-0.2, -0.15) is 0 Å². The fourth-order valence-electron chi connectivity index (χ4n) is 2.10. The maximum atomic E-state index is 14.0. The van der Waals surface area contributed by atoms with Gasteiger partial charge in [-0.25, -0.2) is 4.39 Å². The molecule has 102 valence electrons. The minimum absolute atomic E-state index is 0.149. The average Bonchev–Trinajstić information content (AvgIpc) is 2.83. The molecule has 0 aliphatic carbocycles. The maximum Gasteiger partial charge on any atom is 0.131 e. The molecule has 1 N–H and O–H groups in total. The molecule has 0 bridgehead atoms. The Balaban J connectivity index is 2.29. The molecule has 1 aromatic carbocycles. The molecule has 0 aliphatic heterocycles. The van der Waals surface area contributed by atoms with Crippen LogP contribution in [-0.4, -0.2) is 6.54 Å². The molecule has 1 heterocycles. The molecule has 0 radical (unpaired) electrons. The molecule has 1 aromatic heterocycles. The molecule has 19 heavy (non-hydrogen) atoms. The number of aryl methyl sites for hydroxylation is 1. The summed E-state index contributed by atoms with van der Waals surface area (Å²) in [5.74, 6) is -0.149. The quantitative estimate of drug-likeness (QED) is 0.817. The molecule has 0 spiro atoms. The molecule has 0 fully saturated rings. The zero-order valence-electron chi connectivity index (χ0n) is 11.7. The third kappa shape index (κ3) is 3.43. The smallest absolute Gasteiger partial charge is 0.131 e. The lowest BCUT2D eigenvalue weighted by Crippen LogP contribution is -2.19. The van der Waals surface area contributed by atoms with Crippen LogP contribution in [0.5, 0.6) is 0 Å². The van der Waals surface area contributed by atoms with E-state index in [-0.39, 0.29) is 11.9 Å². The predicted octanol–water partition coefficient (Wildman–Crippen LogP) is 4.92. The van der Waals surface area contributed by atoms with Crippen LogP contribution >= 0.6 is 11.3 Å². The first-order valence-corrected chi connectivity index (χ1v) is 7.58. The van der Waals surface area contributed by atoms with Crippen LogP contribution in [0.25, 0.3) is 11.1 Å². The highest BCUT2D eigenvalue weighted by molar-refractivity contribution is 7.10. The number of halogens is 1. The van der Waals surface area contributed by atoms with Gasteiger partial charge in [0.15, 0.2) is 0 Å². The molecule has 3 heteroatoms. The van der Waals surface area contributed by atoms with Crippen LogP contribution in [0.2, 0.25) is 0 Å². The number of hydrogen-bond donors (Lipinski definition) is 1. The van der Waals surface area contributed by atoms with Gasteiger partial charge in [0.05, 0.1) is 0 Å². The van der Waals surface area contributed by atoms with Crippen molar-refractivity contribution in [2.75, 3.05) is 6.54 Å². The van der Waals surface area contributed by atoms with Crippen LogP contribution in [0, 0.1) is 12.7 Å².